The number of carbonyl (C=O) groups is 1. The maximum Gasteiger partial charge on any atom is 0.269 e. The molecule has 0 radical (unpaired) electrons. The maximum absolute atomic E-state index is 12.3. The number of ether oxygens (including phenoxy) is 1. The molecule has 0 spiro atoms. The molecule has 0 aliphatic rings. The van der Waals surface area contributed by atoms with Gasteiger partial charge in [-0.25, -0.2) is 4.98 Å². The Morgan fingerprint density at radius 2 is 1.75 bits per heavy atom. The van der Waals surface area contributed by atoms with Gasteiger partial charge in [0.2, 0.25) is 0 Å². The first-order chi connectivity index (χ1) is 13.6. The average molecular weight is 391 g/mol. The molecule has 0 bridgehead atoms. The number of hydrogen-bond donors (Lipinski definition) is 1. The van der Waals surface area contributed by atoms with Crippen LogP contribution in [0.5, 0.6) is 11.5 Å². The molecule has 7 nitrogen and oxygen atoms in total. The Morgan fingerprint density at radius 1 is 1.00 bits per heavy atom. The fourth-order valence-electron chi connectivity index (χ4n) is 2.55. The van der Waals surface area contributed by atoms with Crippen LogP contribution in [0.2, 0.25) is 0 Å². The second kappa shape index (κ2) is 7.45. The Balaban J connectivity index is 1.51. The highest BCUT2D eigenvalue weighted by atomic mass is 32.1. The summed E-state index contributed by atoms with van der Waals surface area (Å²) in [5.74, 6) is 1.03. The van der Waals surface area contributed by atoms with Crippen LogP contribution in [-0.2, 0) is 0 Å². The molecule has 0 aliphatic heterocycles. The third-order valence-corrected chi connectivity index (χ3v) is 4.83. The highest BCUT2D eigenvalue weighted by Gasteiger charge is 2.12. The van der Waals surface area contributed by atoms with Crippen molar-refractivity contribution in [2.45, 2.75) is 0 Å². The molecule has 3 aromatic carbocycles. The van der Waals surface area contributed by atoms with Crippen molar-refractivity contribution >= 4 is 38.3 Å². The molecular weight excluding hydrogens is 378 g/mol. The molecule has 0 saturated heterocycles. The molecule has 0 unspecified atom stereocenters. The smallest absolute Gasteiger partial charge is 0.269 e. The van der Waals surface area contributed by atoms with Crippen LogP contribution in [0.4, 0.5) is 10.8 Å². The predicted octanol–water partition coefficient (Wildman–Crippen LogP) is 5.25. The first-order valence-corrected chi connectivity index (χ1v) is 9.09. The van der Waals surface area contributed by atoms with Gasteiger partial charge in [0.25, 0.3) is 11.6 Å². The van der Waals surface area contributed by atoms with Crippen molar-refractivity contribution in [3.05, 3.63) is 88.5 Å². The Labute approximate surface area is 163 Å². The van der Waals surface area contributed by atoms with Crippen LogP contribution in [-0.4, -0.2) is 15.8 Å². The summed E-state index contributed by atoms with van der Waals surface area (Å²) < 4.78 is 6.68. The highest BCUT2D eigenvalue weighted by Crippen LogP contribution is 2.31. The van der Waals surface area contributed by atoms with Crippen LogP contribution in [0.1, 0.15) is 10.4 Å². The Morgan fingerprint density at radius 3 is 2.46 bits per heavy atom. The van der Waals surface area contributed by atoms with Gasteiger partial charge in [0.05, 0.1) is 15.1 Å². The molecule has 0 fully saturated rings. The number of thiazole rings is 1. The fourth-order valence-corrected chi connectivity index (χ4v) is 3.44. The van der Waals surface area contributed by atoms with Gasteiger partial charge in [0, 0.05) is 23.8 Å². The third-order valence-electron chi connectivity index (χ3n) is 3.90. The van der Waals surface area contributed by atoms with E-state index in [0.717, 1.165) is 16.0 Å². The number of nitrogens with one attached hydrogen (secondary N) is 1. The standard InChI is InChI=1S/C20H13N3O4S/c24-19(13-6-8-14(9-7-13)23(25)26)22-20-21-17-11-10-16(12-18(17)28-20)27-15-4-2-1-3-5-15/h1-12H,(H,21,22,24). The molecule has 1 aromatic heterocycles. The van der Waals surface area contributed by atoms with Gasteiger partial charge in [0.15, 0.2) is 5.13 Å². The molecular formula is C20H13N3O4S. The van der Waals surface area contributed by atoms with Crippen LogP contribution in [0, 0.1) is 10.1 Å². The van der Waals surface area contributed by atoms with Crippen LogP contribution in [0.3, 0.4) is 0 Å². The van der Waals surface area contributed by atoms with Gasteiger partial charge in [-0.1, -0.05) is 29.5 Å². The summed E-state index contributed by atoms with van der Waals surface area (Å²) in [6.07, 6.45) is 0. The lowest BCUT2D eigenvalue weighted by Crippen LogP contribution is -2.11. The third kappa shape index (κ3) is 3.81. The molecule has 1 N–H and O–H groups in total. The number of carbonyl (C=O) groups excluding carboxylic acids is 1. The van der Waals surface area contributed by atoms with Gasteiger partial charge in [-0.2, -0.15) is 0 Å². The lowest BCUT2D eigenvalue weighted by Gasteiger charge is -2.04. The summed E-state index contributed by atoms with van der Waals surface area (Å²) in [6, 6.07) is 20.3. The maximum atomic E-state index is 12.3. The Hall–Kier alpha value is -3.78. The first-order valence-electron chi connectivity index (χ1n) is 8.28. The molecule has 1 amide bonds. The second-order valence-corrected chi connectivity index (χ2v) is 6.85. The minimum absolute atomic E-state index is 0.0671. The van der Waals surface area contributed by atoms with Crippen molar-refractivity contribution in [2.24, 2.45) is 0 Å². The number of aromatic nitrogens is 1. The molecule has 0 saturated carbocycles. The van der Waals surface area contributed by atoms with E-state index >= 15 is 0 Å². The zero-order chi connectivity index (χ0) is 19.5. The minimum Gasteiger partial charge on any atom is -0.457 e. The Bertz CT molecular complexity index is 1160. The molecule has 4 aromatic rings. The minimum atomic E-state index is -0.510. The van der Waals surface area contributed by atoms with Crippen LogP contribution < -0.4 is 10.1 Å². The summed E-state index contributed by atoms with van der Waals surface area (Å²) in [5, 5.41) is 13.9. The molecule has 28 heavy (non-hydrogen) atoms. The molecule has 1 heterocycles. The number of nitro groups is 1. The number of non-ortho nitro benzene ring substituents is 1. The van der Waals surface area contributed by atoms with Gasteiger partial charge in [-0.15, -0.1) is 0 Å². The number of anilines is 1. The number of hydrogen-bond acceptors (Lipinski definition) is 6. The normalized spacial score (nSPS) is 10.6. The van der Waals surface area contributed by atoms with Gasteiger partial charge >= 0.3 is 0 Å². The van der Waals surface area contributed by atoms with Crippen molar-refractivity contribution in [1.82, 2.24) is 4.98 Å². The van der Waals surface area contributed by atoms with E-state index in [1.807, 2.05) is 48.5 Å². The number of fused-ring (bicyclic) bond motifs is 1. The molecule has 8 heteroatoms. The number of nitro benzene ring substituents is 1. The van der Waals surface area contributed by atoms with Crippen LogP contribution in [0.25, 0.3) is 10.2 Å². The van der Waals surface area contributed by atoms with Crippen molar-refractivity contribution in [3.63, 3.8) is 0 Å². The molecule has 4 rings (SSSR count). The molecule has 138 valence electrons. The SMILES string of the molecule is O=C(Nc1nc2ccc(Oc3ccccc3)cc2s1)c1ccc([N+](=O)[O-])cc1. The fraction of sp³-hybridized carbons (Fsp3) is 0. The van der Waals surface area contributed by atoms with Crippen LogP contribution in [0.15, 0.2) is 72.8 Å². The van der Waals surface area contributed by atoms with Crippen molar-refractivity contribution in [1.29, 1.82) is 0 Å². The van der Waals surface area contributed by atoms with E-state index in [2.05, 4.69) is 10.3 Å². The topological polar surface area (TPSA) is 94.4 Å². The number of rotatable bonds is 5. The van der Waals surface area contributed by atoms with E-state index < -0.39 is 4.92 Å². The number of nitrogens with zero attached hydrogens (tertiary/aromatic N) is 2. The molecule has 0 aliphatic carbocycles. The van der Waals surface area contributed by atoms with Gasteiger partial charge in [-0.05, 0) is 36.4 Å². The van der Waals surface area contributed by atoms with E-state index in [-0.39, 0.29) is 11.6 Å². The summed E-state index contributed by atoms with van der Waals surface area (Å²) in [7, 11) is 0. The number of para-hydroxylation sites is 1. The lowest BCUT2D eigenvalue weighted by atomic mass is 10.2. The predicted molar refractivity (Wildman–Crippen MR) is 107 cm³/mol. The van der Waals surface area contributed by atoms with Gasteiger partial charge in [0.1, 0.15) is 11.5 Å². The largest absolute Gasteiger partial charge is 0.457 e. The van der Waals surface area contributed by atoms with Crippen molar-refractivity contribution < 1.29 is 14.5 Å². The Kier molecular flexibility index (Phi) is 4.69. The average Bonchev–Trinajstić information content (AvgIpc) is 3.10. The van der Waals surface area contributed by atoms with E-state index in [1.165, 1.54) is 35.6 Å². The summed E-state index contributed by atoms with van der Waals surface area (Å²) >= 11 is 1.32. The zero-order valence-electron chi connectivity index (χ0n) is 14.4. The van der Waals surface area contributed by atoms with E-state index in [0.29, 0.717) is 16.4 Å². The van der Waals surface area contributed by atoms with E-state index in [1.54, 1.807) is 0 Å². The van der Waals surface area contributed by atoms with Crippen molar-refractivity contribution in [3.8, 4) is 11.5 Å². The van der Waals surface area contributed by atoms with E-state index in [9.17, 15) is 14.9 Å². The molecule has 0 atom stereocenters. The summed E-state index contributed by atoms with van der Waals surface area (Å²) in [6.45, 7) is 0. The van der Waals surface area contributed by atoms with Crippen LogP contribution >= 0.6 is 11.3 Å². The van der Waals surface area contributed by atoms with E-state index in [4.69, 9.17) is 4.74 Å². The number of amides is 1. The van der Waals surface area contributed by atoms with Gasteiger partial charge < -0.3 is 4.74 Å². The highest BCUT2D eigenvalue weighted by molar-refractivity contribution is 7.22. The second-order valence-electron chi connectivity index (χ2n) is 5.82. The van der Waals surface area contributed by atoms with Crippen molar-refractivity contribution in [2.75, 3.05) is 5.32 Å². The lowest BCUT2D eigenvalue weighted by molar-refractivity contribution is -0.384. The monoisotopic (exact) mass is 391 g/mol. The number of benzene rings is 3. The zero-order valence-corrected chi connectivity index (χ0v) is 15.2. The summed E-state index contributed by atoms with van der Waals surface area (Å²) in [5.41, 5.74) is 0.991. The summed E-state index contributed by atoms with van der Waals surface area (Å²) in [4.78, 5) is 26.9. The quantitative estimate of drug-likeness (QED) is 0.370. The first kappa shape index (κ1) is 17.6. The van der Waals surface area contributed by atoms with Gasteiger partial charge in [-0.3, -0.25) is 20.2 Å².